The largest absolute Gasteiger partial charge is 0.314 e. The van der Waals surface area contributed by atoms with Crippen LogP contribution in [0, 0.1) is 17.0 Å². The van der Waals surface area contributed by atoms with Gasteiger partial charge in [0.25, 0.3) is 5.69 Å². The predicted molar refractivity (Wildman–Crippen MR) is 76.3 cm³/mol. The molecule has 1 atom stereocenters. The molecule has 0 amide bonds. The molecule has 0 aliphatic rings. The Morgan fingerprint density at radius 2 is 2.16 bits per heavy atom. The van der Waals surface area contributed by atoms with E-state index < -0.39 is 0 Å². The van der Waals surface area contributed by atoms with Crippen molar-refractivity contribution in [2.75, 3.05) is 6.54 Å². The molecule has 5 heteroatoms. The molecule has 0 aliphatic heterocycles. The van der Waals surface area contributed by atoms with E-state index in [1.54, 1.807) is 19.2 Å². The Balaban J connectivity index is 2.89. The van der Waals surface area contributed by atoms with E-state index in [1.807, 2.05) is 0 Å². The van der Waals surface area contributed by atoms with Gasteiger partial charge in [0.15, 0.2) is 0 Å². The molecular formula is C14H23N3O2. The predicted octanol–water partition coefficient (Wildman–Crippen LogP) is 3.01. The molecule has 1 unspecified atom stereocenters. The first-order chi connectivity index (χ1) is 9.10. The van der Waals surface area contributed by atoms with E-state index in [9.17, 15) is 10.1 Å². The Morgan fingerprint density at radius 1 is 1.42 bits per heavy atom. The van der Waals surface area contributed by atoms with Gasteiger partial charge in [-0.2, -0.15) is 0 Å². The topological polar surface area (TPSA) is 68.1 Å². The molecule has 0 aromatic carbocycles. The maximum Gasteiger partial charge on any atom is 0.293 e. The number of aromatic nitrogens is 1. The average molecular weight is 265 g/mol. The van der Waals surface area contributed by atoms with Crippen LogP contribution in [0.1, 0.15) is 44.4 Å². The lowest BCUT2D eigenvalue weighted by Crippen LogP contribution is -2.32. The molecular weight excluding hydrogens is 242 g/mol. The van der Waals surface area contributed by atoms with Crippen molar-refractivity contribution in [2.45, 2.75) is 52.5 Å². The highest BCUT2D eigenvalue weighted by atomic mass is 16.6. The van der Waals surface area contributed by atoms with Crippen LogP contribution in [-0.2, 0) is 6.42 Å². The number of nitro groups is 1. The van der Waals surface area contributed by atoms with E-state index in [0.29, 0.717) is 17.7 Å². The highest BCUT2D eigenvalue weighted by molar-refractivity contribution is 5.43. The third-order valence-corrected chi connectivity index (χ3v) is 3.14. The molecule has 0 spiro atoms. The molecule has 5 nitrogen and oxygen atoms in total. The van der Waals surface area contributed by atoms with Crippen molar-refractivity contribution < 1.29 is 4.92 Å². The van der Waals surface area contributed by atoms with Crippen LogP contribution in [0.3, 0.4) is 0 Å². The number of pyridine rings is 1. The van der Waals surface area contributed by atoms with Gasteiger partial charge < -0.3 is 5.32 Å². The molecule has 0 bridgehead atoms. The fraction of sp³-hybridized carbons (Fsp3) is 0.643. The van der Waals surface area contributed by atoms with Crippen LogP contribution < -0.4 is 5.32 Å². The summed E-state index contributed by atoms with van der Waals surface area (Å²) in [6.45, 7) is 6.93. The number of rotatable bonds is 8. The first kappa shape index (κ1) is 15.6. The molecule has 106 valence electrons. The third kappa shape index (κ3) is 4.59. The summed E-state index contributed by atoms with van der Waals surface area (Å²) in [5.74, 6) is 0. The van der Waals surface area contributed by atoms with Crippen LogP contribution in [0.15, 0.2) is 12.3 Å². The summed E-state index contributed by atoms with van der Waals surface area (Å²) in [7, 11) is 0. The number of hydrogen-bond acceptors (Lipinski definition) is 4. The molecule has 0 fully saturated rings. The van der Waals surface area contributed by atoms with E-state index >= 15 is 0 Å². The van der Waals surface area contributed by atoms with Crippen LogP contribution in [0.25, 0.3) is 0 Å². The van der Waals surface area contributed by atoms with E-state index in [0.717, 1.165) is 25.8 Å². The Labute approximate surface area is 114 Å². The Morgan fingerprint density at radius 3 is 2.74 bits per heavy atom. The normalized spacial score (nSPS) is 12.4. The lowest BCUT2D eigenvalue weighted by molar-refractivity contribution is -0.386. The van der Waals surface area contributed by atoms with E-state index in [4.69, 9.17) is 0 Å². The molecule has 0 radical (unpaired) electrons. The Kier molecular flexibility index (Phi) is 6.42. The average Bonchev–Trinajstić information content (AvgIpc) is 2.35. The molecule has 0 saturated heterocycles. The summed E-state index contributed by atoms with van der Waals surface area (Å²) < 4.78 is 0. The third-order valence-electron chi connectivity index (χ3n) is 3.14. The van der Waals surface area contributed by atoms with Gasteiger partial charge in [0.2, 0.25) is 0 Å². The summed E-state index contributed by atoms with van der Waals surface area (Å²) in [4.78, 5) is 15.0. The van der Waals surface area contributed by atoms with Crippen LogP contribution >= 0.6 is 0 Å². The van der Waals surface area contributed by atoms with Crippen molar-refractivity contribution >= 4 is 5.69 Å². The van der Waals surface area contributed by atoms with Gasteiger partial charge in [-0.25, -0.2) is 0 Å². The van der Waals surface area contributed by atoms with Gasteiger partial charge in [0, 0.05) is 24.2 Å². The standard InChI is InChI=1S/C14H23N3O2/c1-4-6-12(15-8-5-2)10-13-14(17(18)19)11(3)7-9-16-13/h7,9,12,15H,4-6,8,10H2,1-3H3. The summed E-state index contributed by atoms with van der Waals surface area (Å²) in [5, 5.41) is 14.6. The zero-order valence-electron chi connectivity index (χ0n) is 12.0. The molecule has 1 rings (SSSR count). The number of hydrogen-bond donors (Lipinski definition) is 1. The highest BCUT2D eigenvalue weighted by Crippen LogP contribution is 2.22. The van der Waals surface area contributed by atoms with Crippen LogP contribution in [0.4, 0.5) is 5.69 Å². The second kappa shape index (κ2) is 7.84. The zero-order chi connectivity index (χ0) is 14.3. The van der Waals surface area contributed by atoms with Gasteiger partial charge in [-0.3, -0.25) is 15.1 Å². The van der Waals surface area contributed by atoms with Gasteiger partial charge in [-0.05, 0) is 32.4 Å². The van der Waals surface area contributed by atoms with Crippen LogP contribution in [-0.4, -0.2) is 22.5 Å². The zero-order valence-corrected chi connectivity index (χ0v) is 12.0. The van der Waals surface area contributed by atoms with Crippen LogP contribution in [0.5, 0.6) is 0 Å². The SMILES string of the molecule is CCCNC(CCC)Cc1nccc(C)c1[N+](=O)[O-]. The summed E-state index contributed by atoms with van der Waals surface area (Å²) in [6.07, 6.45) is 5.39. The number of nitrogens with zero attached hydrogens (tertiary/aromatic N) is 2. The molecule has 0 aliphatic carbocycles. The summed E-state index contributed by atoms with van der Waals surface area (Å²) in [6, 6.07) is 1.95. The van der Waals surface area contributed by atoms with Crippen molar-refractivity contribution in [1.82, 2.24) is 10.3 Å². The van der Waals surface area contributed by atoms with Crippen molar-refractivity contribution in [3.05, 3.63) is 33.6 Å². The lowest BCUT2D eigenvalue weighted by Gasteiger charge is -2.17. The fourth-order valence-corrected chi connectivity index (χ4v) is 2.21. The van der Waals surface area contributed by atoms with Gasteiger partial charge in [0.1, 0.15) is 5.69 Å². The van der Waals surface area contributed by atoms with Crippen LogP contribution in [0.2, 0.25) is 0 Å². The first-order valence-corrected chi connectivity index (χ1v) is 6.92. The van der Waals surface area contributed by atoms with Gasteiger partial charge >= 0.3 is 0 Å². The summed E-state index contributed by atoms with van der Waals surface area (Å²) in [5.41, 5.74) is 1.44. The Hall–Kier alpha value is -1.49. The van der Waals surface area contributed by atoms with Gasteiger partial charge in [-0.15, -0.1) is 0 Å². The quantitative estimate of drug-likeness (QED) is 0.579. The van der Waals surface area contributed by atoms with Crippen molar-refractivity contribution in [3.63, 3.8) is 0 Å². The molecule has 1 aromatic heterocycles. The highest BCUT2D eigenvalue weighted by Gasteiger charge is 2.21. The summed E-state index contributed by atoms with van der Waals surface area (Å²) >= 11 is 0. The maximum absolute atomic E-state index is 11.1. The Bertz CT molecular complexity index is 421. The van der Waals surface area contributed by atoms with Crippen molar-refractivity contribution in [3.8, 4) is 0 Å². The maximum atomic E-state index is 11.1. The monoisotopic (exact) mass is 265 g/mol. The second-order valence-electron chi connectivity index (χ2n) is 4.82. The molecule has 1 aromatic rings. The first-order valence-electron chi connectivity index (χ1n) is 6.92. The smallest absolute Gasteiger partial charge is 0.293 e. The van der Waals surface area contributed by atoms with E-state index in [2.05, 4.69) is 24.1 Å². The fourth-order valence-electron chi connectivity index (χ4n) is 2.21. The number of nitrogens with one attached hydrogen (secondary N) is 1. The van der Waals surface area contributed by atoms with Crippen molar-refractivity contribution in [2.24, 2.45) is 0 Å². The molecule has 1 heterocycles. The molecule has 1 N–H and O–H groups in total. The molecule has 0 saturated carbocycles. The minimum atomic E-state index is -0.319. The second-order valence-corrected chi connectivity index (χ2v) is 4.82. The van der Waals surface area contributed by atoms with Crippen molar-refractivity contribution in [1.29, 1.82) is 0 Å². The molecule has 19 heavy (non-hydrogen) atoms. The lowest BCUT2D eigenvalue weighted by atomic mass is 10.0. The number of aryl methyl sites for hydroxylation is 1. The van der Waals surface area contributed by atoms with E-state index in [-0.39, 0.29) is 16.7 Å². The van der Waals surface area contributed by atoms with Gasteiger partial charge in [-0.1, -0.05) is 20.3 Å². The van der Waals surface area contributed by atoms with Gasteiger partial charge in [0.05, 0.1) is 4.92 Å². The van der Waals surface area contributed by atoms with E-state index in [1.165, 1.54) is 0 Å². The minimum Gasteiger partial charge on any atom is -0.314 e. The minimum absolute atomic E-state index is 0.168.